The van der Waals surface area contributed by atoms with Gasteiger partial charge >= 0.3 is 0 Å². The third-order valence-electron chi connectivity index (χ3n) is 2.58. The summed E-state index contributed by atoms with van der Waals surface area (Å²) in [7, 11) is 0. The topological polar surface area (TPSA) is 37.8 Å². The van der Waals surface area contributed by atoms with Crippen molar-refractivity contribution in [3.8, 4) is 0 Å². The Balaban J connectivity index is 2.06. The first-order chi connectivity index (χ1) is 9.17. The number of aryl methyl sites for hydroxylation is 1. The van der Waals surface area contributed by atoms with E-state index in [1.54, 1.807) is 6.07 Å². The second-order valence-electron chi connectivity index (χ2n) is 4.23. The lowest BCUT2D eigenvalue weighted by Gasteiger charge is -2.08. The lowest BCUT2D eigenvalue weighted by molar-refractivity contribution is 0.834. The Morgan fingerprint density at radius 2 is 2.11 bits per heavy atom. The van der Waals surface area contributed by atoms with E-state index < -0.39 is 0 Å². The number of anilines is 1. The molecule has 0 aliphatic heterocycles. The lowest BCUT2D eigenvalue weighted by atomic mass is 10.2. The molecule has 0 saturated carbocycles. The summed E-state index contributed by atoms with van der Waals surface area (Å²) in [5.41, 5.74) is 1.18. The lowest BCUT2D eigenvalue weighted by Crippen LogP contribution is -2.04. The third-order valence-corrected chi connectivity index (χ3v) is 3.26. The Labute approximate surface area is 126 Å². The number of halogens is 2. The van der Waals surface area contributed by atoms with E-state index >= 15 is 0 Å². The minimum absolute atomic E-state index is 0.482. The quantitative estimate of drug-likeness (QED) is 0.817. The number of rotatable bonds is 5. The minimum Gasteiger partial charge on any atom is -0.366 e. The van der Waals surface area contributed by atoms with Crippen LogP contribution in [0.15, 0.2) is 34.8 Å². The van der Waals surface area contributed by atoms with Gasteiger partial charge in [0.25, 0.3) is 0 Å². The molecule has 2 aromatic rings. The molecule has 0 aliphatic rings. The molecule has 3 nitrogen and oxygen atoms in total. The van der Waals surface area contributed by atoms with Crippen molar-refractivity contribution in [1.29, 1.82) is 0 Å². The average Bonchev–Trinajstić information content (AvgIpc) is 2.36. The Morgan fingerprint density at radius 1 is 1.26 bits per heavy atom. The number of nitrogens with zero attached hydrogens (tertiary/aromatic N) is 2. The summed E-state index contributed by atoms with van der Waals surface area (Å²) >= 11 is 9.45. The minimum atomic E-state index is 0.482. The number of benzene rings is 1. The predicted molar refractivity (Wildman–Crippen MR) is 82.5 cm³/mol. The molecule has 0 fully saturated rings. The van der Waals surface area contributed by atoms with Crippen LogP contribution in [0.25, 0.3) is 0 Å². The molecular formula is C14H15BrClN3. The van der Waals surface area contributed by atoms with Crippen LogP contribution in [-0.4, -0.2) is 9.97 Å². The Morgan fingerprint density at radius 3 is 2.84 bits per heavy atom. The molecule has 0 unspecified atom stereocenters. The molecule has 19 heavy (non-hydrogen) atoms. The van der Waals surface area contributed by atoms with E-state index in [0.29, 0.717) is 11.7 Å². The second kappa shape index (κ2) is 6.87. The maximum atomic E-state index is 5.99. The second-order valence-corrected chi connectivity index (χ2v) is 5.53. The summed E-state index contributed by atoms with van der Waals surface area (Å²) in [4.78, 5) is 8.64. The largest absolute Gasteiger partial charge is 0.366 e. The van der Waals surface area contributed by atoms with E-state index in [9.17, 15) is 0 Å². The van der Waals surface area contributed by atoms with Gasteiger partial charge in [0.15, 0.2) is 0 Å². The van der Waals surface area contributed by atoms with E-state index in [4.69, 9.17) is 11.6 Å². The van der Waals surface area contributed by atoms with Gasteiger partial charge in [-0.1, -0.05) is 46.6 Å². The van der Waals surface area contributed by atoms with Crippen LogP contribution in [0.1, 0.15) is 24.7 Å². The first kappa shape index (κ1) is 14.3. The van der Waals surface area contributed by atoms with E-state index in [1.165, 1.54) is 5.56 Å². The molecule has 0 spiro atoms. The summed E-state index contributed by atoms with van der Waals surface area (Å²) in [6, 6.07) is 9.90. The van der Waals surface area contributed by atoms with Crippen molar-refractivity contribution in [3.05, 3.63) is 51.3 Å². The molecule has 0 radical (unpaired) electrons. The fraction of sp³-hybridized carbons (Fsp3) is 0.286. The molecule has 0 saturated heterocycles. The van der Waals surface area contributed by atoms with Crippen molar-refractivity contribution in [2.45, 2.75) is 26.3 Å². The summed E-state index contributed by atoms with van der Waals surface area (Å²) < 4.78 is 1.07. The number of hydrogen-bond acceptors (Lipinski definition) is 3. The van der Waals surface area contributed by atoms with Crippen molar-refractivity contribution in [1.82, 2.24) is 9.97 Å². The third kappa shape index (κ3) is 4.48. The molecule has 1 aromatic carbocycles. The SMILES string of the molecule is CCCc1nc(Cl)cc(NCc2cccc(Br)c2)n1. The van der Waals surface area contributed by atoms with Gasteiger partial charge in [0.05, 0.1) is 0 Å². The van der Waals surface area contributed by atoms with Gasteiger partial charge < -0.3 is 5.32 Å². The van der Waals surface area contributed by atoms with Crippen LogP contribution in [0.4, 0.5) is 5.82 Å². The van der Waals surface area contributed by atoms with Crippen LogP contribution in [0.5, 0.6) is 0 Å². The molecule has 1 aromatic heterocycles. The van der Waals surface area contributed by atoms with Gasteiger partial charge in [0.1, 0.15) is 16.8 Å². The van der Waals surface area contributed by atoms with Gasteiger partial charge in [-0.15, -0.1) is 0 Å². The Kier molecular flexibility index (Phi) is 5.16. The van der Waals surface area contributed by atoms with Crippen molar-refractivity contribution in [3.63, 3.8) is 0 Å². The van der Waals surface area contributed by atoms with E-state index in [-0.39, 0.29) is 0 Å². The zero-order valence-electron chi connectivity index (χ0n) is 10.7. The highest BCUT2D eigenvalue weighted by atomic mass is 79.9. The Hall–Kier alpha value is -1.13. The maximum absolute atomic E-state index is 5.99. The Bertz CT molecular complexity index is 560. The molecule has 1 heterocycles. The van der Waals surface area contributed by atoms with Crippen LogP contribution < -0.4 is 5.32 Å². The number of aromatic nitrogens is 2. The first-order valence-corrected chi connectivity index (χ1v) is 7.36. The summed E-state index contributed by atoms with van der Waals surface area (Å²) in [5.74, 6) is 1.55. The molecule has 2 rings (SSSR count). The highest BCUT2D eigenvalue weighted by Gasteiger charge is 2.03. The normalized spacial score (nSPS) is 10.5. The van der Waals surface area contributed by atoms with E-state index in [1.807, 2.05) is 12.1 Å². The summed E-state index contributed by atoms with van der Waals surface area (Å²) in [6.07, 6.45) is 1.84. The van der Waals surface area contributed by atoms with Crippen LogP contribution in [0.2, 0.25) is 5.15 Å². The van der Waals surface area contributed by atoms with Crippen molar-refractivity contribution in [2.75, 3.05) is 5.32 Å². The van der Waals surface area contributed by atoms with E-state index in [2.05, 4.69) is 50.3 Å². The average molecular weight is 341 g/mol. The molecule has 1 N–H and O–H groups in total. The van der Waals surface area contributed by atoms with Crippen LogP contribution >= 0.6 is 27.5 Å². The monoisotopic (exact) mass is 339 g/mol. The highest BCUT2D eigenvalue weighted by Crippen LogP contribution is 2.15. The predicted octanol–water partition coefficient (Wildman–Crippen LogP) is 4.46. The fourth-order valence-corrected chi connectivity index (χ4v) is 2.38. The molecule has 0 bridgehead atoms. The van der Waals surface area contributed by atoms with Crippen LogP contribution in [0, 0.1) is 0 Å². The van der Waals surface area contributed by atoms with Crippen molar-refractivity contribution < 1.29 is 0 Å². The highest BCUT2D eigenvalue weighted by molar-refractivity contribution is 9.10. The van der Waals surface area contributed by atoms with Gasteiger partial charge in [-0.05, 0) is 24.1 Å². The van der Waals surface area contributed by atoms with E-state index in [0.717, 1.165) is 29.0 Å². The fourth-order valence-electron chi connectivity index (χ4n) is 1.73. The molecule has 100 valence electrons. The summed E-state index contributed by atoms with van der Waals surface area (Å²) in [6.45, 7) is 2.80. The van der Waals surface area contributed by atoms with Gasteiger partial charge in [-0.3, -0.25) is 0 Å². The maximum Gasteiger partial charge on any atom is 0.134 e. The first-order valence-electron chi connectivity index (χ1n) is 6.19. The molecule has 0 aliphatic carbocycles. The molecular weight excluding hydrogens is 326 g/mol. The van der Waals surface area contributed by atoms with Crippen molar-refractivity contribution >= 4 is 33.3 Å². The number of hydrogen-bond donors (Lipinski definition) is 1. The smallest absolute Gasteiger partial charge is 0.134 e. The number of nitrogens with one attached hydrogen (secondary N) is 1. The van der Waals surface area contributed by atoms with Gasteiger partial charge in [-0.25, -0.2) is 9.97 Å². The van der Waals surface area contributed by atoms with Gasteiger partial charge in [0.2, 0.25) is 0 Å². The summed E-state index contributed by atoms with van der Waals surface area (Å²) in [5, 5.41) is 3.75. The van der Waals surface area contributed by atoms with Gasteiger partial charge in [-0.2, -0.15) is 0 Å². The van der Waals surface area contributed by atoms with Crippen LogP contribution in [0.3, 0.4) is 0 Å². The van der Waals surface area contributed by atoms with Crippen molar-refractivity contribution in [2.24, 2.45) is 0 Å². The standard InChI is InChI=1S/C14H15BrClN3/c1-2-4-13-18-12(16)8-14(19-13)17-9-10-5-3-6-11(15)7-10/h3,5-8H,2,4,9H2,1H3,(H,17,18,19). The molecule has 0 amide bonds. The zero-order valence-corrected chi connectivity index (χ0v) is 13.0. The zero-order chi connectivity index (χ0) is 13.7. The van der Waals surface area contributed by atoms with Crippen LogP contribution in [-0.2, 0) is 13.0 Å². The molecule has 5 heteroatoms. The van der Waals surface area contributed by atoms with Gasteiger partial charge in [0, 0.05) is 23.5 Å². The molecule has 0 atom stereocenters.